The van der Waals surface area contributed by atoms with Gasteiger partial charge in [-0.3, -0.25) is 4.99 Å². The monoisotopic (exact) mass is 319 g/mol. The van der Waals surface area contributed by atoms with E-state index < -0.39 is 0 Å². The van der Waals surface area contributed by atoms with Gasteiger partial charge in [0.05, 0.1) is 17.4 Å². The van der Waals surface area contributed by atoms with E-state index in [1.165, 1.54) is 16.8 Å². The number of hydrogen-bond donors (Lipinski definition) is 1. The Labute approximate surface area is 141 Å². The summed E-state index contributed by atoms with van der Waals surface area (Å²) in [5.74, 6) is 0.935. The van der Waals surface area contributed by atoms with Crippen LogP contribution in [0.2, 0.25) is 0 Å². The summed E-state index contributed by atoms with van der Waals surface area (Å²) < 4.78 is 2.17. The zero-order valence-electron chi connectivity index (χ0n) is 13.8. The maximum atomic E-state index is 4.46. The maximum absolute atomic E-state index is 4.46. The van der Waals surface area contributed by atoms with E-state index in [9.17, 15) is 0 Å². The third-order valence-corrected chi connectivity index (χ3v) is 4.52. The molecule has 0 radical (unpaired) electrons. The van der Waals surface area contributed by atoms with Crippen LogP contribution in [0, 0.1) is 0 Å². The average Bonchev–Trinajstić information content (AvgIpc) is 3.23. The second-order valence-corrected chi connectivity index (χ2v) is 5.93. The summed E-state index contributed by atoms with van der Waals surface area (Å²) >= 11 is 0. The molecule has 1 aromatic heterocycles. The largest absolute Gasteiger partial charge is 0.354 e. The van der Waals surface area contributed by atoms with Gasteiger partial charge in [-0.05, 0) is 30.2 Å². The first-order valence-corrected chi connectivity index (χ1v) is 8.33. The molecule has 2 heterocycles. The zero-order chi connectivity index (χ0) is 16.4. The summed E-state index contributed by atoms with van der Waals surface area (Å²) in [6, 6.07) is 16.8. The molecule has 0 unspecified atom stereocenters. The molecule has 122 valence electrons. The summed E-state index contributed by atoms with van der Waals surface area (Å²) in [6.07, 6.45) is 2.98. The summed E-state index contributed by atoms with van der Waals surface area (Å²) in [5, 5.41) is 3.48. The van der Waals surface area contributed by atoms with E-state index in [1.54, 1.807) is 0 Å². The zero-order valence-corrected chi connectivity index (χ0v) is 13.8. The number of aromatic nitrogens is 2. The summed E-state index contributed by atoms with van der Waals surface area (Å²) in [6.45, 7) is 2.65. The minimum absolute atomic E-state index is 0.811. The van der Waals surface area contributed by atoms with Gasteiger partial charge in [-0.2, -0.15) is 0 Å². The van der Waals surface area contributed by atoms with E-state index in [4.69, 9.17) is 0 Å². The van der Waals surface area contributed by atoms with Crippen LogP contribution in [0.25, 0.3) is 11.0 Å². The second kappa shape index (κ2) is 6.35. The molecule has 3 aromatic rings. The number of para-hydroxylation sites is 3. The molecular weight excluding hydrogens is 298 g/mol. The van der Waals surface area contributed by atoms with E-state index in [-0.39, 0.29) is 0 Å². The molecule has 0 fully saturated rings. The Morgan fingerprint density at radius 2 is 2.00 bits per heavy atom. The molecular formula is C19H21N5. The van der Waals surface area contributed by atoms with Gasteiger partial charge >= 0.3 is 0 Å². The molecule has 0 atom stereocenters. The van der Waals surface area contributed by atoms with E-state index in [0.717, 1.165) is 37.5 Å². The minimum Gasteiger partial charge on any atom is -0.354 e. The number of imidazole rings is 1. The Morgan fingerprint density at radius 3 is 2.92 bits per heavy atom. The fourth-order valence-electron chi connectivity index (χ4n) is 3.33. The normalized spacial score (nSPS) is 14.2. The second-order valence-electron chi connectivity index (χ2n) is 5.93. The number of nitrogens with zero attached hydrogens (tertiary/aromatic N) is 4. The summed E-state index contributed by atoms with van der Waals surface area (Å²) in [5.41, 5.74) is 4.86. The van der Waals surface area contributed by atoms with Gasteiger partial charge in [0.25, 0.3) is 0 Å². The SMILES string of the molecule is CN=C(NCCn1cnc2ccccc21)N1CCc2ccccc21. The van der Waals surface area contributed by atoms with Crippen molar-refractivity contribution in [2.45, 2.75) is 13.0 Å². The van der Waals surface area contributed by atoms with Gasteiger partial charge in [0.15, 0.2) is 5.96 Å². The van der Waals surface area contributed by atoms with Crippen molar-refractivity contribution in [1.29, 1.82) is 0 Å². The van der Waals surface area contributed by atoms with Crippen molar-refractivity contribution in [2.24, 2.45) is 4.99 Å². The third-order valence-electron chi connectivity index (χ3n) is 4.52. The van der Waals surface area contributed by atoms with E-state index in [0.29, 0.717) is 0 Å². The molecule has 4 rings (SSSR count). The number of aliphatic imine (C=N–C) groups is 1. The Kier molecular flexibility index (Phi) is 3.91. The molecule has 5 heteroatoms. The van der Waals surface area contributed by atoms with Gasteiger partial charge in [0.2, 0.25) is 0 Å². The molecule has 2 aromatic carbocycles. The molecule has 0 spiro atoms. The highest BCUT2D eigenvalue weighted by Crippen LogP contribution is 2.27. The maximum Gasteiger partial charge on any atom is 0.198 e. The first kappa shape index (κ1) is 14.8. The van der Waals surface area contributed by atoms with Gasteiger partial charge in [-0.1, -0.05) is 30.3 Å². The van der Waals surface area contributed by atoms with Crippen LogP contribution in [0.5, 0.6) is 0 Å². The van der Waals surface area contributed by atoms with Crippen molar-refractivity contribution in [1.82, 2.24) is 14.9 Å². The van der Waals surface area contributed by atoms with Gasteiger partial charge in [-0.25, -0.2) is 4.98 Å². The quantitative estimate of drug-likeness (QED) is 0.596. The highest BCUT2D eigenvalue weighted by atomic mass is 15.3. The van der Waals surface area contributed by atoms with E-state index in [2.05, 4.69) is 55.1 Å². The molecule has 5 nitrogen and oxygen atoms in total. The Hall–Kier alpha value is -2.82. The number of anilines is 1. The lowest BCUT2D eigenvalue weighted by Gasteiger charge is -2.22. The number of rotatable bonds is 3. The fraction of sp³-hybridized carbons (Fsp3) is 0.263. The predicted octanol–water partition coefficient (Wildman–Crippen LogP) is 2.67. The van der Waals surface area contributed by atoms with Crippen LogP contribution in [0.4, 0.5) is 5.69 Å². The molecule has 0 aliphatic carbocycles. The number of fused-ring (bicyclic) bond motifs is 2. The molecule has 1 aliphatic heterocycles. The first-order chi connectivity index (χ1) is 11.9. The molecule has 0 bridgehead atoms. The predicted molar refractivity (Wildman–Crippen MR) is 98.6 cm³/mol. The topological polar surface area (TPSA) is 45.5 Å². The number of hydrogen-bond acceptors (Lipinski definition) is 2. The Balaban J connectivity index is 1.43. The molecule has 1 N–H and O–H groups in total. The van der Waals surface area contributed by atoms with Crippen molar-refractivity contribution in [2.75, 3.05) is 25.0 Å². The molecule has 0 amide bonds. The van der Waals surface area contributed by atoms with Crippen molar-refractivity contribution < 1.29 is 0 Å². The van der Waals surface area contributed by atoms with Crippen LogP contribution < -0.4 is 10.2 Å². The lowest BCUT2D eigenvalue weighted by atomic mass is 10.2. The molecule has 1 aliphatic rings. The number of guanidine groups is 1. The van der Waals surface area contributed by atoms with Gasteiger partial charge < -0.3 is 14.8 Å². The van der Waals surface area contributed by atoms with Crippen LogP contribution in [-0.4, -0.2) is 35.6 Å². The smallest absolute Gasteiger partial charge is 0.198 e. The highest BCUT2D eigenvalue weighted by Gasteiger charge is 2.22. The van der Waals surface area contributed by atoms with Crippen molar-refractivity contribution in [3.05, 3.63) is 60.4 Å². The van der Waals surface area contributed by atoms with E-state index in [1.807, 2.05) is 31.6 Å². The lowest BCUT2D eigenvalue weighted by molar-refractivity contribution is 0.684. The fourth-order valence-corrected chi connectivity index (χ4v) is 3.33. The molecule has 24 heavy (non-hydrogen) atoms. The van der Waals surface area contributed by atoms with Crippen LogP contribution in [0.15, 0.2) is 59.9 Å². The highest BCUT2D eigenvalue weighted by molar-refractivity contribution is 5.97. The van der Waals surface area contributed by atoms with Crippen LogP contribution in [0.1, 0.15) is 5.56 Å². The molecule has 0 saturated carbocycles. The van der Waals surface area contributed by atoms with Crippen LogP contribution >= 0.6 is 0 Å². The van der Waals surface area contributed by atoms with E-state index >= 15 is 0 Å². The van der Waals surface area contributed by atoms with Crippen molar-refractivity contribution in [3.63, 3.8) is 0 Å². The number of benzene rings is 2. The van der Waals surface area contributed by atoms with Gasteiger partial charge in [0, 0.05) is 32.4 Å². The summed E-state index contributed by atoms with van der Waals surface area (Å²) in [4.78, 5) is 11.2. The Morgan fingerprint density at radius 1 is 1.17 bits per heavy atom. The van der Waals surface area contributed by atoms with Crippen molar-refractivity contribution >= 4 is 22.7 Å². The third kappa shape index (κ3) is 2.62. The standard InChI is InChI=1S/C19H21N5/c1-20-19(24-12-10-15-6-2-4-8-17(15)24)21-11-13-23-14-22-16-7-3-5-9-18(16)23/h2-9,14H,10-13H2,1H3,(H,20,21). The number of nitrogens with one attached hydrogen (secondary N) is 1. The van der Waals surface area contributed by atoms with Crippen LogP contribution in [0.3, 0.4) is 0 Å². The van der Waals surface area contributed by atoms with Gasteiger partial charge in [0.1, 0.15) is 0 Å². The van der Waals surface area contributed by atoms with Crippen LogP contribution in [-0.2, 0) is 13.0 Å². The minimum atomic E-state index is 0.811. The lowest BCUT2D eigenvalue weighted by Crippen LogP contribution is -2.41. The Bertz CT molecular complexity index is 880. The average molecular weight is 319 g/mol. The summed E-state index contributed by atoms with van der Waals surface area (Å²) in [7, 11) is 1.84. The van der Waals surface area contributed by atoms with Crippen molar-refractivity contribution in [3.8, 4) is 0 Å². The van der Waals surface area contributed by atoms with Gasteiger partial charge in [-0.15, -0.1) is 0 Å². The molecule has 0 saturated heterocycles. The first-order valence-electron chi connectivity index (χ1n) is 8.33.